The lowest BCUT2D eigenvalue weighted by molar-refractivity contribution is 0.731. The quantitative estimate of drug-likeness (QED) is 0.202. The van der Waals surface area contributed by atoms with Crippen molar-refractivity contribution in [3.8, 4) is 0 Å². The maximum atomic E-state index is 4.43. The van der Waals surface area contributed by atoms with Crippen molar-refractivity contribution < 1.29 is 0 Å². The van der Waals surface area contributed by atoms with Gasteiger partial charge in [-0.25, -0.2) is 0 Å². The lowest BCUT2D eigenvalue weighted by Gasteiger charge is -2.31. The van der Waals surface area contributed by atoms with E-state index in [0.717, 1.165) is 57.4 Å². The van der Waals surface area contributed by atoms with Gasteiger partial charge in [0.25, 0.3) is 0 Å². The van der Waals surface area contributed by atoms with Crippen molar-refractivity contribution in [2.45, 2.75) is 38.8 Å². The summed E-state index contributed by atoms with van der Waals surface area (Å²) in [7, 11) is 0. The van der Waals surface area contributed by atoms with Gasteiger partial charge in [0.1, 0.15) is 0 Å². The maximum absolute atomic E-state index is 4.43. The Morgan fingerprint density at radius 3 is 1.33 bits per heavy atom. The van der Waals surface area contributed by atoms with Crippen molar-refractivity contribution in [2.24, 2.45) is 0 Å². The molecule has 208 valence electrons. The molecule has 5 aromatic rings. The molecule has 0 bridgehead atoms. The van der Waals surface area contributed by atoms with Gasteiger partial charge in [-0.15, -0.1) is 0 Å². The average molecular weight is 547 g/mol. The summed E-state index contributed by atoms with van der Waals surface area (Å²) >= 11 is 0. The van der Waals surface area contributed by atoms with Crippen molar-refractivity contribution in [2.75, 3.05) is 22.9 Å². The minimum Gasteiger partial charge on any atom is -0.367 e. The van der Waals surface area contributed by atoms with E-state index >= 15 is 0 Å². The molecule has 5 aromatic carbocycles. The molecule has 2 heterocycles. The Hall–Kier alpha value is -4.56. The second-order valence-electron chi connectivity index (χ2n) is 11.8. The zero-order valence-electron chi connectivity index (χ0n) is 24.3. The Balaban J connectivity index is 0.934. The fraction of sp³-hybridized carbons (Fsp3) is 0.200. The molecule has 0 saturated heterocycles. The number of aryl methyl sites for hydroxylation is 2. The van der Waals surface area contributed by atoms with E-state index in [1.165, 1.54) is 55.9 Å². The van der Waals surface area contributed by atoms with Crippen LogP contribution in [0.2, 0.25) is 0 Å². The summed E-state index contributed by atoms with van der Waals surface area (Å²) in [6, 6.07) is 44.8. The molecule has 0 saturated carbocycles. The Labute approximate surface area is 250 Å². The second kappa shape index (κ2) is 11.7. The molecule has 42 heavy (non-hydrogen) atoms. The molecule has 2 heteroatoms. The first-order chi connectivity index (χ1) is 20.7. The largest absolute Gasteiger partial charge is 0.367 e. The molecule has 0 N–H and O–H groups in total. The highest BCUT2D eigenvalue weighted by molar-refractivity contribution is 5.79. The Kier molecular flexibility index (Phi) is 7.36. The highest BCUT2D eigenvalue weighted by atomic mass is 15.1. The zero-order valence-corrected chi connectivity index (χ0v) is 24.3. The topological polar surface area (TPSA) is 6.48 Å². The molecule has 0 radical (unpaired) electrons. The predicted molar refractivity (Wildman–Crippen MR) is 177 cm³/mol. The summed E-state index contributed by atoms with van der Waals surface area (Å²) in [5.74, 6) is 0. The van der Waals surface area contributed by atoms with E-state index in [4.69, 9.17) is 0 Å². The average Bonchev–Trinajstić information content (AvgIpc) is 3.07. The van der Waals surface area contributed by atoms with E-state index < -0.39 is 0 Å². The Morgan fingerprint density at radius 2 is 0.857 bits per heavy atom. The van der Waals surface area contributed by atoms with Crippen molar-refractivity contribution in [3.05, 3.63) is 172 Å². The van der Waals surface area contributed by atoms with Gasteiger partial charge >= 0.3 is 0 Å². The summed E-state index contributed by atoms with van der Waals surface area (Å²) in [4.78, 5) is 4.97. The number of anilines is 2. The minimum atomic E-state index is 0.982. The summed E-state index contributed by atoms with van der Waals surface area (Å²) in [5.41, 5.74) is 14.7. The molecule has 0 aromatic heterocycles. The van der Waals surface area contributed by atoms with E-state index in [1.54, 1.807) is 0 Å². The molecule has 2 nitrogen and oxygen atoms in total. The van der Waals surface area contributed by atoms with Gasteiger partial charge in [0, 0.05) is 37.6 Å². The van der Waals surface area contributed by atoms with Crippen LogP contribution in [0.5, 0.6) is 0 Å². The van der Waals surface area contributed by atoms with E-state index in [0.29, 0.717) is 0 Å². The highest BCUT2D eigenvalue weighted by Crippen LogP contribution is 2.29. The van der Waals surface area contributed by atoms with E-state index in [-0.39, 0.29) is 0 Å². The van der Waals surface area contributed by atoms with E-state index in [9.17, 15) is 0 Å². The normalized spacial score (nSPS) is 14.3. The zero-order chi connectivity index (χ0) is 28.3. The number of benzene rings is 5. The van der Waals surface area contributed by atoms with Crippen LogP contribution >= 0.6 is 0 Å². The molecule has 2 aliphatic heterocycles. The Bertz CT molecular complexity index is 1680. The molecule has 0 unspecified atom stereocenters. The van der Waals surface area contributed by atoms with Crippen LogP contribution in [0.15, 0.2) is 128 Å². The van der Waals surface area contributed by atoms with Crippen molar-refractivity contribution in [3.63, 3.8) is 0 Å². The molecular weight excluding hydrogens is 508 g/mol. The fourth-order valence-electron chi connectivity index (χ4n) is 6.51. The first-order valence-corrected chi connectivity index (χ1v) is 15.3. The standard InChI is InChI=1S/C40H38N2/c1-30(34-18-22-40(23-19-34)42-27-25-36-7-3-5-9-38(36)29-42)33-16-12-31(13-17-33)10-11-32-14-20-39(21-15-32)41-26-24-35-6-2-4-8-37(35)28-41/h2-9,12-23H,1,10-11,24-29H2. The maximum Gasteiger partial charge on any atom is 0.0432 e. The van der Waals surface area contributed by atoms with Crippen LogP contribution in [0.25, 0.3) is 5.57 Å². The van der Waals surface area contributed by atoms with Crippen LogP contribution in [-0.2, 0) is 38.8 Å². The van der Waals surface area contributed by atoms with Crippen LogP contribution in [-0.4, -0.2) is 13.1 Å². The van der Waals surface area contributed by atoms with Gasteiger partial charge in [0.15, 0.2) is 0 Å². The highest BCUT2D eigenvalue weighted by Gasteiger charge is 2.17. The molecule has 0 atom stereocenters. The van der Waals surface area contributed by atoms with Gasteiger partial charge < -0.3 is 9.80 Å². The van der Waals surface area contributed by atoms with Crippen LogP contribution in [0.1, 0.15) is 44.5 Å². The first kappa shape index (κ1) is 26.3. The monoisotopic (exact) mass is 546 g/mol. The van der Waals surface area contributed by atoms with Gasteiger partial charge in [0.2, 0.25) is 0 Å². The lowest BCUT2D eigenvalue weighted by Crippen LogP contribution is -2.30. The van der Waals surface area contributed by atoms with E-state index in [2.05, 4.69) is 138 Å². The van der Waals surface area contributed by atoms with E-state index in [1.807, 2.05) is 0 Å². The summed E-state index contributed by atoms with van der Waals surface area (Å²) in [5, 5.41) is 0. The molecule has 2 aliphatic rings. The van der Waals surface area contributed by atoms with Gasteiger partial charge in [-0.1, -0.05) is 104 Å². The molecule has 0 aliphatic carbocycles. The number of rotatable bonds is 7. The third-order valence-electron chi connectivity index (χ3n) is 9.15. The summed E-state index contributed by atoms with van der Waals surface area (Å²) in [6.07, 6.45) is 4.32. The second-order valence-corrected chi connectivity index (χ2v) is 11.8. The number of nitrogens with zero attached hydrogens (tertiary/aromatic N) is 2. The number of hydrogen-bond donors (Lipinski definition) is 0. The number of fused-ring (bicyclic) bond motifs is 2. The van der Waals surface area contributed by atoms with Crippen molar-refractivity contribution in [1.82, 2.24) is 0 Å². The SMILES string of the molecule is C=C(c1ccc(CCc2ccc(N3CCc4ccccc4C3)cc2)cc1)c1ccc(N2CCc3ccccc3C2)cc1. The summed E-state index contributed by atoms with van der Waals surface area (Å²) in [6.45, 7) is 8.57. The van der Waals surface area contributed by atoms with Crippen LogP contribution in [0.4, 0.5) is 11.4 Å². The first-order valence-electron chi connectivity index (χ1n) is 15.3. The lowest BCUT2D eigenvalue weighted by atomic mass is 9.96. The Morgan fingerprint density at radius 1 is 0.476 bits per heavy atom. The molecular formula is C40H38N2. The molecule has 0 fully saturated rings. The third-order valence-corrected chi connectivity index (χ3v) is 9.15. The van der Waals surface area contributed by atoms with Crippen LogP contribution < -0.4 is 9.80 Å². The molecule has 0 spiro atoms. The third kappa shape index (κ3) is 5.63. The number of hydrogen-bond acceptors (Lipinski definition) is 2. The van der Waals surface area contributed by atoms with Crippen LogP contribution in [0.3, 0.4) is 0 Å². The van der Waals surface area contributed by atoms with Gasteiger partial charge in [0.05, 0.1) is 0 Å². The predicted octanol–water partition coefficient (Wildman–Crippen LogP) is 8.66. The van der Waals surface area contributed by atoms with Crippen LogP contribution in [0, 0.1) is 0 Å². The van der Waals surface area contributed by atoms with Gasteiger partial charge in [-0.3, -0.25) is 0 Å². The fourth-order valence-corrected chi connectivity index (χ4v) is 6.51. The van der Waals surface area contributed by atoms with Crippen molar-refractivity contribution in [1.29, 1.82) is 0 Å². The smallest absolute Gasteiger partial charge is 0.0432 e. The molecule has 0 amide bonds. The van der Waals surface area contributed by atoms with Crippen molar-refractivity contribution >= 4 is 16.9 Å². The minimum absolute atomic E-state index is 0.982. The summed E-state index contributed by atoms with van der Waals surface area (Å²) < 4.78 is 0. The molecule has 7 rings (SSSR count). The van der Waals surface area contributed by atoms with Gasteiger partial charge in [-0.05, 0) is 100 Å². The van der Waals surface area contributed by atoms with Gasteiger partial charge in [-0.2, -0.15) is 0 Å².